The highest BCUT2D eigenvalue weighted by Gasteiger charge is 2.37. The summed E-state index contributed by atoms with van der Waals surface area (Å²) in [6.07, 6.45) is 7.97. The Balaban J connectivity index is 1.93. The molecular weight excluding hydrogens is 435 g/mol. The molecule has 0 aliphatic heterocycles. The highest BCUT2D eigenvalue weighted by Crippen LogP contribution is 2.40. The summed E-state index contributed by atoms with van der Waals surface area (Å²) in [6, 6.07) is 4.75. The lowest BCUT2D eigenvalue weighted by Gasteiger charge is -2.31. The maximum Gasteiger partial charge on any atom is 0.287 e. The van der Waals surface area contributed by atoms with Crippen LogP contribution in [0.3, 0.4) is 0 Å². The number of allylic oxidation sites excluding steroid dienone is 1. The number of nitrogens with zero attached hydrogens (tertiary/aromatic N) is 3. The Morgan fingerprint density at radius 1 is 1.21 bits per heavy atom. The number of alkyl halides is 2. The van der Waals surface area contributed by atoms with Crippen LogP contribution >= 0.6 is 0 Å². The Labute approximate surface area is 201 Å². The average Bonchev–Trinajstić information content (AvgIpc) is 3.18. The number of benzene rings is 1. The van der Waals surface area contributed by atoms with E-state index in [1.807, 2.05) is 30.9 Å². The van der Waals surface area contributed by atoms with Gasteiger partial charge in [-0.1, -0.05) is 30.9 Å². The second-order valence-corrected chi connectivity index (χ2v) is 9.84. The van der Waals surface area contributed by atoms with Gasteiger partial charge in [-0.15, -0.1) is 6.58 Å². The Morgan fingerprint density at radius 3 is 2.44 bits per heavy atom. The smallest absolute Gasteiger partial charge is 0.287 e. The molecule has 0 saturated heterocycles. The van der Waals surface area contributed by atoms with E-state index in [1.165, 1.54) is 23.0 Å². The van der Waals surface area contributed by atoms with Crippen molar-refractivity contribution in [2.45, 2.75) is 71.4 Å². The summed E-state index contributed by atoms with van der Waals surface area (Å²) in [5, 5.41) is 4.44. The SMILES string of the molecule is C=CCC1CCC(n2ncc(C(=C)N(CC(=C)C)Cc3cc(C)cc(F)c3)c2C(C)(F)F)CC1. The molecule has 1 aliphatic carbocycles. The summed E-state index contributed by atoms with van der Waals surface area (Å²) in [6.45, 7) is 17.4. The van der Waals surface area contributed by atoms with Crippen molar-refractivity contribution in [2.24, 2.45) is 5.92 Å². The van der Waals surface area contributed by atoms with Crippen LogP contribution in [0.1, 0.15) is 74.4 Å². The Hall–Kier alpha value is -2.76. The monoisotopic (exact) mass is 471 g/mol. The van der Waals surface area contributed by atoms with Gasteiger partial charge in [-0.25, -0.2) is 4.39 Å². The van der Waals surface area contributed by atoms with E-state index in [2.05, 4.69) is 24.8 Å². The summed E-state index contributed by atoms with van der Waals surface area (Å²) in [5.41, 5.74) is 3.07. The largest absolute Gasteiger partial charge is 0.363 e. The van der Waals surface area contributed by atoms with Crippen LogP contribution in [-0.4, -0.2) is 21.2 Å². The first kappa shape index (κ1) is 25.9. The van der Waals surface area contributed by atoms with Crippen LogP contribution in [0.5, 0.6) is 0 Å². The van der Waals surface area contributed by atoms with E-state index in [1.54, 1.807) is 0 Å². The maximum atomic E-state index is 15.0. The van der Waals surface area contributed by atoms with E-state index in [4.69, 9.17) is 0 Å². The Kier molecular flexibility index (Phi) is 8.11. The lowest BCUT2D eigenvalue weighted by atomic mass is 9.84. The molecule has 3 nitrogen and oxygen atoms in total. The van der Waals surface area contributed by atoms with E-state index in [0.29, 0.717) is 30.3 Å². The van der Waals surface area contributed by atoms with E-state index in [0.717, 1.165) is 55.7 Å². The van der Waals surface area contributed by atoms with Crippen molar-refractivity contribution in [3.8, 4) is 0 Å². The number of halogens is 3. The van der Waals surface area contributed by atoms with Crippen molar-refractivity contribution in [3.05, 3.63) is 84.0 Å². The van der Waals surface area contributed by atoms with Crippen molar-refractivity contribution in [1.29, 1.82) is 0 Å². The van der Waals surface area contributed by atoms with Crippen LogP contribution in [0.25, 0.3) is 5.70 Å². The summed E-state index contributed by atoms with van der Waals surface area (Å²) in [5.74, 6) is -2.85. The molecule has 0 atom stereocenters. The van der Waals surface area contributed by atoms with E-state index < -0.39 is 5.92 Å². The second kappa shape index (κ2) is 10.7. The zero-order valence-electron chi connectivity index (χ0n) is 20.6. The van der Waals surface area contributed by atoms with Crippen molar-refractivity contribution in [1.82, 2.24) is 14.7 Å². The van der Waals surface area contributed by atoms with Gasteiger partial charge >= 0.3 is 0 Å². The van der Waals surface area contributed by atoms with Crippen LogP contribution < -0.4 is 0 Å². The van der Waals surface area contributed by atoms with Crippen LogP contribution in [0, 0.1) is 18.7 Å². The number of aromatic nitrogens is 2. The average molecular weight is 472 g/mol. The summed E-state index contributed by atoms with van der Waals surface area (Å²) in [4.78, 5) is 1.87. The topological polar surface area (TPSA) is 21.1 Å². The van der Waals surface area contributed by atoms with Gasteiger partial charge in [0.2, 0.25) is 0 Å². The van der Waals surface area contributed by atoms with E-state index in [9.17, 15) is 13.2 Å². The quantitative estimate of drug-likeness (QED) is 0.330. The molecule has 1 aromatic carbocycles. The fourth-order valence-electron chi connectivity index (χ4n) is 5.02. The van der Waals surface area contributed by atoms with Gasteiger partial charge in [0.15, 0.2) is 0 Å². The van der Waals surface area contributed by atoms with Crippen molar-refractivity contribution < 1.29 is 13.2 Å². The number of aryl methyl sites for hydroxylation is 1. The van der Waals surface area contributed by atoms with Crippen molar-refractivity contribution in [2.75, 3.05) is 6.54 Å². The molecule has 0 spiro atoms. The minimum Gasteiger partial charge on any atom is -0.363 e. The van der Waals surface area contributed by atoms with Crippen LogP contribution in [0.15, 0.2) is 55.8 Å². The lowest BCUT2D eigenvalue weighted by molar-refractivity contribution is 0.00434. The molecule has 34 heavy (non-hydrogen) atoms. The minimum absolute atomic E-state index is 0.0658. The molecule has 0 N–H and O–H groups in total. The number of hydrogen-bond acceptors (Lipinski definition) is 2. The third kappa shape index (κ3) is 6.22. The molecule has 184 valence electrons. The number of rotatable bonds is 10. The van der Waals surface area contributed by atoms with E-state index in [-0.39, 0.29) is 17.6 Å². The summed E-state index contributed by atoms with van der Waals surface area (Å²) in [7, 11) is 0. The highest BCUT2D eigenvalue weighted by atomic mass is 19.3. The molecule has 1 aliphatic rings. The standard InChI is InChI=1S/C28H36F3N3/c1-7-8-22-9-11-25(12-10-22)34-27(28(6,30)31)26(16-32-34)21(5)33(17-19(2)3)18-23-13-20(4)14-24(29)15-23/h7,13-16,22,25H,1-2,5,8-12,17-18H2,3-4,6H3. The number of hydrogen-bond donors (Lipinski definition) is 0. The molecule has 0 bridgehead atoms. The van der Waals surface area contributed by atoms with Gasteiger partial charge in [0.25, 0.3) is 5.92 Å². The zero-order chi connectivity index (χ0) is 25.0. The van der Waals surface area contributed by atoms with Crippen LogP contribution in [-0.2, 0) is 12.5 Å². The molecule has 2 aromatic rings. The molecule has 1 aromatic heterocycles. The maximum absolute atomic E-state index is 15.0. The molecular formula is C28H36F3N3. The minimum atomic E-state index is -3.09. The van der Waals surface area contributed by atoms with Gasteiger partial charge in [0.05, 0.1) is 12.2 Å². The molecule has 1 saturated carbocycles. The lowest BCUT2D eigenvalue weighted by Crippen LogP contribution is -2.27. The molecule has 0 amide bonds. The Morgan fingerprint density at radius 2 is 1.88 bits per heavy atom. The zero-order valence-corrected chi connectivity index (χ0v) is 20.6. The fourth-order valence-corrected chi connectivity index (χ4v) is 5.02. The molecule has 0 radical (unpaired) electrons. The first-order valence-electron chi connectivity index (χ1n) is 11.9. The predicted octanol–water partition coefficient (Wildman–Crippen LogP) is 7.80. The van der Waals surface area contributed by atoms with Crippen molar-refractivity contribution in [3.63, 3.8) is 0 Å². The van der Waals surface area contributed by atoms with Crippen molar-refractivity contribution >= 4 is 5.70 Å². The van der Waals surface area contributed by atoms with E-state index >= 15 is 0 Å². The molecule has 3 rings (SSSR count). The fraction of sp³-hybridized carbons (Fsp3) is 0.464. The predicted molar refractivity (Wildman–Crippen MR) is 133 cm³/mol. The van der Waals surface area contributed by atoms with Crippen LogP contribution in [0.2, 0.25) is 0 Å². The third-order valence-corrected chi connectivity index (χ3v) is 6.50. The molecule has 0 unspecified atom stereocenters. The normalized spacial score (nSPS) is 18.5. The van der Waals surface area contributed by atoms with Gasteiger partial charge < -0.3 is 4.90 Å². The summed E-state index contributed by atoms with van der Waals surface area (Å²) >= 11 is 0. The second-order valence-electron chi connectivity index (χ2n) is 9.84. The highest BCUT2D eigenvalue weighted by molar-refractivity contribution is 5.64. The van der Waals surface area contributed by atoms with Gasteiger partial charge in [0.1, 0.15) is 11.5 Å². The van der Waals surface area contributed by atoms with Crippen LogP contribution in [0.4, 0.5) is 13.2 Å². The Bertz CT molecular complexity index is 1020. The first-order chi connectivity index (χ1) is 16.0. The summed E-state index contributed by atoms with van der Waals surface area (Å²) < 4.78 is 45.5. The van der Waals surface area contributed by atoms with Gasteiger partial charge in [-0.3, -0.25) is 4.68 Å². The van der Waals surface area contributed by atoms with Gasteiger partial charge in [-0.2, -0.15) is 13.9 Å². The molecule has 1 heterocycles. The van der Waals surface area contributed by atoms with Gasteiger partial charge in [0, 0.05) is 31.3 Å². The van der Waals surface area contributed by atoms with Gasteiger partial charge in [-0.05, 0) is 75.1 Å². The molecule has 6 heteroatoms. The molecule has 1 fully saturated rings. The third-order valence-electron chi connectivity index (χ3n) is 6.50. The first-order valence-corrected chi connectivity index (χ1v) is 11.9.